The van der Waals surface area contributed by atoms with Gasteiger partial charge in [-0.05, 0) is 94.7 Å². The smallest absolute Gasteiger partial charge is 0.319 e. The number of halogens is 5. The van der Waals surface area contributed by atoms with Gasteiger partial charge in [-0.25, -0.2) is 18.0 Å². The monoisotopic (exact) mass is 556 g/mol. The lowest BCUT2D eigenvalue weighted by molar-refractivity contribution is 0.0912. The molecule has 2 aliphatic rings. The third kappa shape index (κ3) is 7.53. The van der Waals surface area contributed by atoms with E-state index >= 15 is 0 Å². The maximum absolute atomic E-state index is 13.9. The maximum Gasteiger partial charge on any atom is 0.319 e. The third-order valence-electron chi connectivity index (χ3n) is 7.47. The number of anilines is 1. The van der Waals surface area contributed by atoms with Crippen LogP contribution in [-0.2, 0) is 0 Å². The van der Waals surface area contributed by atoms with Gasteiger partial charge in [0.15, 0.2) is 17.5 Å². The summed E-state index contributed by atoms with van der Waals surface area (Å²) in [5.74, 6) is -4.46. The van der Waals surface area contributed by atoms with Crippen molar-refractivity contribution in [3.63, 3.8) is 0 Å². The summed E-state index contributed by atoms with van der Waals surface area (Å²) in [6.07, 6.45) is 7.04. The molecule has 2 amide bonds. The lowest BCUT2D eigenvalue weighted by atomic mass is 9.94. The highest BCUT2D eigenvalue weighted by molar-refractivity contribution is 6.42. The Kier molecular flexibility index (Phi) is 9.98. The zero-order chi connectivity index (χ0) is 26.4. The molecule has 0 aliphatic carbocycles. The number of amides is 2. The van der Waals surface area contributed by atoms with Crippen molar-refractivity contribution in [3.05, 3.63) is 63.4 Å². The van der Waals surface area contributed by atoms with Crippen molar-refractivity contribution in [1.29, 1.82) is 0 Å². The molecule has 0 spiro atoms. The third-order valence-corrected chi connectivity index (χ3v) is 8.20. The van der Waals surface area contributed by atoms with Gasteiger partial charge in [0, 0.05) is 18.5 Å². The number of nitrogens with zero attached hydrogens (tertiary/aromatic N) is 2. The standard InChI is InChI=1S/C27H33Cl2F3N4O/c28-21-5-4-18(16-22(21)29)19(17-33-27(37)34-24-7-6-23(30)25(31)26(24)32)8-13-35-14-9-20(10-15-35)36-11-2-1-3-12-36/h4-7,16,19-20H,1-3,8-15,17H2,(H2,33,34,37). The number of piperidine rings is 2. The van der Waals surface area contributed by atoms with Gasteiger partial charge in [0.05, 0.1) is 15.7 Å². The molecule has 4 rings (SSSR count). The number of hydrogen-bond donors (Lipinski definition) is 2. The van der Waals surface area contributed by atoms with E-state index in [4.69, 9.17) is 23.2 Å². The van der Waals surface area contributed by atoms with Crippen LogP contribution in [0.4, 0.5) is 23.7 Å². The predicted octanol–water partition coefficient (Wildman–Crippen LogP) is 6.66. The maximum atomic E-state index is 13.9. The fourth-order valence-electron chi connectivity index (χ4n) is 5.29. The van der Waals surface area contributed by atoms with Crippen LogP contribution in [0, 0.1) is 17.5 Å². The zero-order valence-electron chi connectivity index (χ0n) is 20.7. The molecule has 2 aromatic carbocycles. The Hall–Kier alpha value is -2.00. The number of benzene rings is 2. The van der Waals surface area contributed by atoms with Crippen molar-refractivity contribution >= 4 is 34.9 Å². The van der Waals surface area contributed by atoms with Crippen LogP contribution >= 0.6 is 23.2 Å². The van der Waals surface area contributed by atoms with E-state index in [0.717, 1.165) is 56.6 Å². The number of urea groups is 1. The number of carbonyl (C=O) groups excluding carboxylic acids is 1. The summed E-state index contributed by atoms with van der Waals surface area (Å²) in [7, 11) is 0. The van der Waals surface area contributed by atoms with Crippen LogP contribution in [0.5, 0.6) is 0 Å². The highest BCUT2D eigenvalue weighted by atomic mass is 35.5. The summed E-state index contributed by atoms with van der Waals surface area (Å²) in [6.45, 7) is 5.62. The minimum atomic E-state index is -1.63. The Morgan fingerprint density at radius 2 is 1.68 bits per heavy atom. The molecule has 2 saturated heterocycles. The molecule has 2 fully saturated rings. The highest BCUT2D eigenvalue weighted by Crippen LogP contribution is 2.29. The number of carbonyl (C=O) groups is 1. The highest BCUT2D eigenvalue weighted by Gasteiger charge is 2.26. The van der Waals surface area contributed by atoms with Crippen molar-refractivity contribution in [1.82, 2.24) is 15.1 Å². The number of nitrogens with one attached hydrogen (secondary N) is 2. The number of hydrogen-bond acceptors (Lipinski definition) is 3. The predicted molar refractivity (Wildman–Crippen MR) is 142 cm³/mol. The van der Waals surface area contributed by atoms with E-state index in [2.05, 4.69) is 20.4 Å². The lowest BCUT2D eigenvalue weighted by Crippen LogP contribution is -2.47. The van der Waals surface area contributed by atoms with Gasteiger partial charge in [-0.2, -0.15) is 0 Å². The fraction of sp³-hybridized carbons (Fsp3) is 0.519. The minimum absolute atomic E-state index is 0.0739. The molecule has 5 nitrogen and oxygen atoms in total. The molecular weight excluding hydrogens is 524 g/mol. The van der Waals surface area contributed by atoms with Crippen molar-refractivity contribution in [2.75, 3.05) is 44.6 Å². The van der Waals surface area contributed by atoms with Gasteiger partial charge in [0.25, 0.3) is 0 Å². The Labute approximate surface area is 226 Å². The molecule has 0 aromatic heterocycles. The van der Waals surface area contributed by atoms with E-state index < -0.39 is 29.2 Å². The Bertz CT molecular complexity index is 1080. The second kappa shape index (κ2) is 13.2. The molecule has 2 N–H and O–H groups in total. The van der Waals surface area contributed by atoms with Crippen LogP contribution in [0.1, 0.15) is 50.0 Å². The van der Waals surface area contributed by atoms with Gasteiger partial charge in [-0.3, -0.25) is 0 Å². The van der Waals surface area contributed by atoms with Crippen LogP contribution in [0.3, 0.4) is 0 Å². The molecule has 0 bridgehead atoms. The lowest BCUT2D eigenvalue weighted by Gasteiger charge is -2.40. The Morgan fingerprint density at radius 3 is 2.38 bits per heavy atom. The van der Waals surface area contributed by atoms with Crippen LogP contribution in [0.15, 0.2) is 30.3 Å². The van der Waals surface area contributed by atoms with E-state index in [1.54, 1.807) is 12.1 Å². The van der Waals surface area contributed by atoms with Crippen molar-refractivity contribution < 1.29 is 18.0 Å². The first-order valence-electron chi connectivity index (χ1n) is 12.9. The Balaban J connectivity index is 1.34. The Morgan fingerprint density at radius 1 is 0.946 bits per heavy atom. The molecule has 2 aliphatic heterocycles. The second-order valence-corrected chi connectivity index (χ2v) is 10.7. The molecule has 1 unspecified atom stereocenters. The molecule has 0 radical (unpaired) electrons. The first kappa shape index (κ1) is 28.0. The van der Waals surface area contributed by atoms with Crippen LogP contribution in [0.25, 0.3) is 0 Å². The second-order valence-electron chi connectivity index (χ2n) is 9.89. The van der Waals surface area contributed by atoms with Gasteiger partial charge < -0.3 is 20.4 Å². The number of likely N-dealkylation sites (tertiary alicyclic amines) is 2. The molecule has 10 heteroatoms. The number of rotatable bonds is 8. The van der Waals surface area contributed by atoms with Gasteiger partial charge in [-0.1, -0.05) is 35.7 Å². The summed E-state index contributed by atoms with van der Waals surface area (Å²) < 4.78 is 40.6. The normalized spacial score (nSPS) is 18.5. The van der Waals surface area contributed by atoms with Gasteiger partial charge in [0.2, 0.25) is 0 Å². The summed E-state index contributed by atoms with van der Waals surface area (Å²) in [5.41, 5.74) is 0.496. The molecule has 1 atom stereocenters. The average molecular weight is 557 g/mol. The van der Waals surface area contributed by atoms with Gasteiger partial charge in [0.1, 0.15) is 0 Å². The van der Waals surface area contributed by atoms with E-state index in [-0.39, 0.29) is 12.5 Å². The van der Waals surface area contributed by atoms with Crippen molar-refractivity contribution in [2.24, 2.45) is 0 Å². The molecule has 202 valence electrons. The molecule has 0 saturated carbocycles. The van der Waals surface area contributed by atoms with Crippen LogP contribution < -0.4 is 10.6 Å². The minimum Gasteiger partial charge on any atom is -0.337 e. The summed E-state index contributed by atoms with van der Waals surface area (Å²) in [6, 6.07) is 7.12. The first-order valence-corrected chi connectivity index (χ1v) is 13.7. The fourth-order valence-corrected chi connectivity index (χ4v) is 5.59. The van der Waals surface area contributed by atoms with E-state index in [0.29, 0.717) is 16.1 Å². The van der Waals surface area contributed by atoms with E-state index in [1.165, 1.54) is 32.4 Å². The first-order chi connectivity index (χ1) is 17.8. The SMILES string of the molecule is O=C(NCC(CCN1CCC(N2CCCCC2)CC1)c1ccc(Cl)c(Cl)c1)Nc1ccc(F)c(F)c1F. The molecule has 2 heterocycles. The van der Waals surface area contributed by atoms with Gasteiger partial charge >= 0.3 is 6.03 Å². The summed E-state index contributed by atoms with van der Waals surface area (Å²) >= 11 is 12.4. The topological polar surface area (TPSA) is 47.6 Å². The summed E-state index contributed by atoms with van der Waals surface area (Å²) in [4.78, 5) is 17.6. The van der Waals surface area contributed by atoms with Crippen LogP contribution in [-0.4, -0.2) is 61.1 Å². The van der Waals surface area contributed by atoms with E-state index in [1.807, 2.05) is 6.07 Å². The van der Waals surface area contributed by atoms with E-state index in [9.17, 15) is 18.0 Å². The molecule has 2 aromatic rings. The van der Waals surface area contributed by atoms with Crippen molar-refractivity contribution in [3.8, 4) is 0 Å². The summed E-state index contributed by atoms with van der Waals surface area (Å²) in [5, 5.41) is 5.86. The molecule has 37 heavy (non-hydrogen) atoms. The van der Waals surface area contributed by atoms with Crippen molar-refractivity contribution in [2.45, 2.75) is 50.5 Å². The molecular formula is C27H33Cl2F3N4O. The zero-order valence-corrected chi connectivity index (χ0v) is 22.2. The van der Waals surface area contributed by atoms with Gasteiger partial charge in [-0.15, -0.1) is 0 Å². The largest absolute Gasteiger partial charge is 0.337 e. The quantitative estimate of drug-likeness (QED) is 0.357. The average Bonchev–Trinajstić information content (AvgIpc) is 2.91. The van der Waals surface area contributed by atoms with Crippen LogP contribution in [0.2, 0.25) is 10.0 Å².